The Bertz CT molecular complexity index is 814. The number of hydrogen-bond acceptors (Lipinski definition) is 6. The van der Waals surface area contributed by atoms with Crippen molar-refractivity contribution in [2.75, 3.05) is 26.7 Å². The van der Waals surface area contributed by atoms with Gasteiger partial charge in [-0.2, -0.15) is 0 Å². The summed E-state index contributed by atoms with van der Waals surface area (Å²) in [5, 5.41) is 19.0. The van der Waals surface area contributed by atoms with Crippen molar-refractivity contribution in [1.82, 2.24) is 14.8 Å². The molecule has 1 aromatic heterocycles. The molecule has 2 heterocycles. The number of hydrogen-bond donors (Lipinski definition) is 2. The lowest BCUT2D eigenvalue weighted by molar-refractivity contribution is -0.129. The Balaban J connectivity index is 2.49. The van der Waals surface area contributed by atoms with E-state index in [1.165, 1.54) is 13.1 Å². The molecule has 0 saturated carbocycles. The number of pyridine rings is 1. The molecule has 29 heavy (non-hydrogen) atoms. The van der Waals surface area contributed by atoms with Gasteiger partial charge in [0.05, 0.1) is 19.2 Å². The van der Waals surface area contributed by atoms with Gasteiger partial charge in [0.15, 0.2) is 0 Å². The van der Waals surface area contributed by atoms with Crippen molar-refractivity contribution < 1.29 is 24.5 Å². The Labute approximate surface area is 171 Å². The van der Waals surface area contributed by atoms with Gasteiger partial charge in [0, 0.05) is 38.2 Å². The molecule has 0 spiro atoms. The first-order chi connectivity index (χ1) is 13.6. The number of amides is 2. The second kappa shape index (κ2) is 9.72. The van der Waals surface area contributed by atoms with Crippen molar-refractivity contribution in [1.29, 1.82) is 0 Å². The van der Waals surface area contributed by atoms with Crippen LogP contribution in [0.2, 0.25) is 0 Å². The van der Waals surface area contributed by atoms with Gasteiger partial charge in [0.25, 0.3) is 5.91 Å². The van der Waals surface area contributed by atoms with E-state index in [9.17, 15) is 19.8 Å². The molecule has 1 aliphatic rings. The molecular formula is C21H29N3O5. The van der Waals surface area contributed by atoms with Gasteiger partial charge in [0.2, 0.25) is 11.8 Å². The topological polar surface area (TPSA) is 103 Å². The molecular weight excluding hydrogens is 374 g/mol. The van der Waals surface area contributed by atoms with E-state index >= 15 is 0 Å². The minimum absolute atomic E-state index is 0.0866. The Morgan fingerprint density at radius 1 is 1.48 bits per heavy atom. The summed E-state index contributed by atoms with van der Waals surface area (Å²) in [5.74, 6) is 5.09. The molecule has 0 aromatic carbocycles. The fourth-order valence-corrected chi connectivity index (χ4v) is 2.97. The highest BCUT2D eigenvalue weighted by Crippen LogP contribution is 2.27. The lowest BCUT2D eigenvalue weighted by Gasteiger charge is -2.37. The van der Waals surface area contributed by atoms with Gasteiger partial charge >= 0.3 is 0 Å². The van der Waals surface area contributed by atoms with Crippen LogP contribution in [0.15, 0.2) is 12.3 Å². The van der Waals surface area contributed by atoms with E-state index in [-0.39, 0.29) is 41.9 Å². The monoisotopic (exact) mass is 403 g/mol. The summed E-state index contributed by atoms with van der Waals surface area (Å²) in [6, 6.07) is 1.19. The molecule has 8 heteroatoms. The summed E-state index contributed by atoms with van der Waals surface area (Å²) in [4.78, 5) is 32.3. The van der Waals surface area contributed by atoms with Crippen LogP contribution in [-0.4, -0.2) is 81.8 Å². The quantitative estimate of drug-likeness (QED) is 0.710. The van der Waals surface area contributed by atoms with Crippen LogP contribution in [0.25, 0.3) is 0 Å². The number of aliphatic hydroxyl groups is 2. The number of aromatic nitrogens is 1. The SMILES string of the molecule is CC(=O)N(C)C[C@@H]1Oc2ncc(C#C[C@@H](C)O)cc2C(=O)N([C@H](C)CO)C[C@H]1C. The standard InChI is InChI=1S/C21H29N3O5/c1-13-10-24(14(2)12-25)21(28)18-8-17(7-6-15(3)26)9-22-20(18)29-19(13)11-23(5)16(4)27/h8-9,13-15,19,25-26H,10-12H2,1-5H3/t13-,14-,15-,19+/m1/s1. The van der Waals surface area contributed by atoms with Crippen LogP contribution in [0, 0.1) is 17.8 Å². The molecule has 4 atom stereocenters. The molecule has 0 bridgehead atoms. The summed E-state index contributed by atoms with van der Waals surface area (Å²) in [7, 11) is 1.69. The summed E-state index contributed by atoms with van der Waals surface area (Å²) in [6.07, 6.45) is 0.299. The number of ether oxygens (including phenoxy) is 1. The first-order valence-corrected chi connectivity index (χ1v) is 9.63. The fraction of sp³-hybridized carbons (Fsp3) is 0.571. The van der Waals surface area contributed by atoms with Gasteiger partial charge in [-0.3, -0.25) is 9.59 Å². The van der Waals surface area contributed by atoms with Crippen LogP contribution < -0.4 is 4.74 Å². The maximum Gasteiger partial charge on any atom is 0.259 e. The lowest BCUT2D eigenvalue weighted by atomic mass is 10.00. The molecule has 1 aromatic rings. The van der Waals surface area contributed by atoms with E-state index in [1.807, 2.05) is 6.92 Å². The van der Waals surface area contributed by atoms with Crippen LogP contribution >= 0.6 is 0 Å². The van der Waals surface area contributed by atoms with Crippen LogP contribution in [0.3, 0.4) is 0 Å². The van der Waals surface area contributed by atoms with E-state index in [0.717, 1.165) is 0 Å². The Morgan fingerprint density at radius 3 is 2.76 bits per heavy atom. The van der Waals surface area contributed by atoms with Crippen LogP contribution in [0.4, 0.5) is 0 Å². The Kier molecular flexibility index (Phi) is 7.59. The van der Waals surface area contributed by atoms with Crippen molar-refractivity contribution >= 4 is 11.8 Å². The molecule has 0 radical (unpaired) electrons. The smallest absolute Gasteiger partial charge is 0.259 e. The Morgan fingerprint density at radius 2 is 2.17 bits per heavy atom. The minimum atomic E-state index is -0.804. The normalized spacial score (nSPS) is 20.9. The third kappa shape index (κ3) is 5.68. The maximum absolute atomic E-state index is 13.2. The number of nitrogens with zero attached hydrogens (tertiary/aromatic N) is 3. The predicted molar refractivity (Wildman–Crippen MR) is 107 cm³/mol. The van der Waals surface area contributed by atoms with Crippen molar-refractivity contribution in [3.05, 3.63) is 23.4 Å². The number of rotatable bonds is 4. The zero-order valence-electron chi connectivity index (χ0n) is 17.5. The molecule has 0 fully saturated rings. The van der Waals surface area contributed by atoms with Crippen molar-refractivity contribution in [3.8, 4) is 17.7 Å². The molecule has 2 amide bonds. The maximum atomic E-state index is 13.2. The van der Waals surface area contributed by atoms with Gasteiger partial charge in [0.1, 0.15) is 17.8 Å². The molecule has 2 N–H and O–H groups in total. The highest BCUT2D eigenvalue weighted by molar-refractivity contribution is 5.97. The van der Waals surface area contributed by atoms with Gasteiger partial charge in [-0.15, -0.1) is 0 Å². The number of likely N-dealkylation sites (N-methyl/N-ethyl adjacent to an activating group) is 1. The van der Waals surface area contributed by atoms with Crippen molar-refractivity contribution in [3.63, 3.8) is 0 Å². The largest absolute Gasteiger partial charge is 0.472 e. The third-order valence-electron chi connectivity index (χ3n) is 4.94. The van der Waals surface area contributed by atoms with E-state index in [0.29, 0.717) is 18.7 Å². The summed E-state index contributed by atoms with van der Waals surface area (Å²) in [5.41, 5.74) is 0.717. The first-order valence-electron chi connectivity index (χ1n) is 9.63. The second-order valence-corrected chi connectivity index (χ2v) is 7.54. The van der Waals surface area contributed by atoms with E-state index in [4.69, 9.17) is 4.74 Å². The molecule has 8 nitrogen and oxygen atoms in total. The molecule has 1 aliphatic heterocycles. The molecule has 0 saturated heterocycles. The number of aliphatic hydroxyl groups excluding tert-OH is 2. The summed E-state index contributed by atoms with van der Waals surface area (Å²) in [6.45, 7) is 7.27. The van der Waals surface area contributed by atoms with Crippen LogP contribution in [0.1, 0.15) is 43.6 Å². The zero-order valence-corrected chi connectivity index (χ0v) is 17.5. The lowest BCUT2D eigenvalue weighted by Crippen LogP contribution is -2.50. The highest BCUT2D eigenvalue weighted by Gasteiger charge is 2.34. The van der Waals surface area contributed by atoms with Gasteiger partial charge in [-0.05, 0) is 19.9 Å². The number of carbonyl (C=O) groups is 2. The Hall–Kier alpha value is -2.63. The third-order valence-corrected chi connectivity index (χ3v) is 4.94. The fourth-order valence-electron chi connectivity index (χ4n) is 2.97. The molecule has 0 aliphatic carbocycles. The predicted octanol–water partition coefficient (Wildman–Crippen LogP) is 0.512. The average molecular weight is 403 g/mol. The van der Waals surface area contributed by atoms with Crippen LogP contribution in [0.5, 0.6) is 5.88 Å². The minimum Gasteiger partial charge on any atom is -0.472 e. The highest BCUT2D eigenvalue weighted by atomic mass is 16.5. The van der Waals surface area contributed by atoms with Crippen molar-refractivity contribution in [2.24, 2.45) is 5.92 Å². The van der Waals surface area contributed by atoms with Crippen LogP contribution in [-0.2, 0) is 4.79 Å². The summed E-state index contributed by atoms with van der Waals surface area (Å²) >= 11 is 0. The second-order valence-electron chi connectivity index (χ2n) is 7.54. The van der Waals surface area contributed by atoms with Crippen molar-refractivity contribution in [2.45, 2.75) is 45.9 Å². The zero-order chi connectivity index (χ0) is 21.7. The molecule has 2 rings (SSSR count). The van der Waals surface area contributed by atoms with E-state index in [1.54, 1.807) is 36.8 Å². The molecule has 158 valence electrons. The first kappa shape index (κ1) is 22.7. The van der Waals surface area contributed by atoms with Gasteiger partial charge in [-0.1, -0.05) is 18.8 Å². The number of carbonyl (C=O) groups excluding carboxylic acids is 2. The van der Waals surface area contributed by atoms with Gasteiger partial charge < -0.3 is 24.7 Å². The average Bonchev–Trinajstić information content (AvgIpc) is 2.68. The number of fused-ring (bicyclic) bond motifs is 1. The summed E-state index contributed by atoms with van der Waals surface area (Å²) < 4.78 is 6.07. The van der Waals surface area contributed by atoms with Gasteiger partial charge in [-0.25, -0.2) is 4.98 Å². The van der Waals surface area contributed by atoms with E-state index < -0.39 is 12.1 Å². The molecule has 0 unspecified atom stereocenters. The van der Waals surface area contributed by atoms with E-state index in [2.05, 4.69) is 16.8 Å².